The summed E-state index contributed by atoms with van der Waals surface area (Å²) in [5.41, 5.74) is 0.929. The summed E-state index contributed by atoms with van der Waals surface area (Å²) in [6.45, 7) is 3.26. The number of amides is 1. The zero-order valence-corrected chi connectivity index (χ0v) is 10.2. The van der Waals surface area contributed by atoms with Crippen molar-refractivity contribution in [1.29, 1.82) is 0 Å². The van der Waals surface area contributed by atoms with Crippen LogP contribution >= 0.6 is 0 Å². The van der Waals surface area contributed by atoms with Crippen molar-refractivity contribution in [2.45, 2.75) is 0 Å². The Bertz CT molecular complexity index is 505. The largest absolute Gasteiger partial charge is 0.484 e. The Kier molecular flexibility index (Phi) is 4.28. The fraction of sp³-hybridized carbons (Fsp3) is 0.182. The van der Waals surface area contributed by atoms with E-state index in [1.807, 2.05) is 0 Å². The molecule has 0 unspecified atom stereocenters. The first-order chi connectivity index (χ1) is 7.90. The lowest BCUT2D eigenvalue weighted by molar-refractivity contribution is -0.121. The minimum atomic E-state index is -3.53. The van der Waals surface area contributed by atoms with E-state index in [0.717, 1.165) is 11.8 Å². The lowest BCUT2D eigenvalue weighted by atomic mass is 10.2. The van der Waals surface area contributed by atoms with E-state index in [2.05, 4.69) is 6.58 Å². The molecule has 1 aromatic rings. The lowest BCUT2D eigenvalue weighted by Gasteiger charge is -2.06. The molecule has 0 aromatic heterocycles. The van der Waals surface area contributed by atoms with Crippen LogP contribution in [0.15, 0.2) is 30.8 Å². The predicted octanol–water partition coefficient (Wildman–Crippen LogP) is 0.784. The summed E-state index contributed by atoms with van der Waals surface area (Å²) in [4.78, 5) is 11.1. The fourth-order valence-corrected chi connectivity index (χ4v) is 1.56. The van der Waals surface area contributed by atoms with Gasteiger partial charge in [-0.2, -0.15) is 0 Å². The molecule has 0 atom stereocenters. The summed E-state index contributed by atoms with van der Waals surface area (Å²) in [7, 11) is -3.53. The number of hydrogen-bond acceptors (Lipinski definition) is 4. The Morgan fingerprint density at radius 2 is 2.00 bits per heavy atom. The molecule has 0 radical (unpaired) electrons. The minimum absolute atomic E-state index is 0.347. The van der Waals surface area contributed by atoms with Crippen LogP contribution in [0.4, 0.5) is 0 Å². The molecule has 0 aliphatic carbocycles. The summed E-state index contributed by atoms with van der Waals surface area (Å²) in [5, 5.41) is 0. The van der Waals surface area contributed by atoms with Crippen molar-refractivity contribution >= 4 is 22.0 Å². The van der Waals surface area contributed by atoms with E-state index in [-0.39, 0.29) is 6.61 Å². The molecule has 5 nitrogen and oxygen atoms in total. The van der Waals surface area contributed by atoms with Crippen LogP contribution in [0.5, 0.6) is 5.75 Å². The van der Waals surface area contributed by atoms with Crippen LogP contribution in [0, 0.1) is 0 Å². The summed E-state index contributed by atoms with van der Waals surface area (Å²) >= 11 is 0. The number of ether oxygens (including phenoxy) is 1. The van der Waals surface area contributed by atoms with Gasteiger partial charge in [0.25, 0.3) is 5.91 Å². The summed E-state index contributed by atoms with van der Waals surface area (Å²) in [5.74, 6) is -0.223. The standard InChI is InChI=1S/C11H13NO4S/c1-3-9-4-6-10(7-5-9)16-8-11(13)12-17(2,14)15/h3-7H,1,8H2,2H3,(H,12,13). The molecular weight excluding hydrogens is 242 g/mol. The van der Waals surface area contributed by atoms with Crippen LogP contribution in [-0.2, 0) is 14.8 Å². The quantitative estimate of drug-likeness (QED) is 0.844. The van der Waals surface area contributed by atoms with E-state index in [1.165, 1.54) is 0 Å². The summed E-state index contributed by atoms with van der Waals surface area (Å²) in [6, 6.07) is 6.89. The van der Waals surface area contributed by atoms with Gasteiger partial charge in [-0.3, -0.25) is 9.52 Å². The van der Waals surface area contributed by atoms with Crippen LogP contribution < -0.4 is 9.46 Å². The van der Waals surface area contributed by atoms with Crippen molar-refractivity contribution in [2.75, 3.05) is 12.9 Å². The third-order valence-corrected chi connectivity index (χ3v) is 2.38. The average Bonchev–Trinajstić information content (AvgIpc) is 2.25. The van der Waals surface area contributed by atoms with Crippen molar-refractivity contribution in [2.24, 2.45) is 0 Å². The number of rotatable bonds is 5. The van der Waals surface area contributed by atoms with Gasteiger partial charge in [0.2, 0.25) is 10.0 Å². The highest BCUT2D eigenvalue weighted by atomic mass is 32.2. The minimum Gasteiger partial charge on any atom is -0.484 e. The van der Waals surface area contributed by atoms with Gasteiger partial charge in [0.1, 0.15) is 5.75 Å². The first-order valence-corrected chi connectivity index (χ1v) is 6.66. The monoisotopic (exact) mass is 255 g/mol. The zero-order chi connectivity index (χ0) is 12.9. The molecule has 0 aliphatic rings. The van der Waals surface area contributed by atoms with Gasteiger partial charge in [-0.15, -0.1) is 0 Å². The molecule has 0 fully saturated rings. The SMILES string of the molecule is C=Cc1ccc(OCC(=O)NS(C)(=O)=O)cc1. The topological polar surface area (TPSA) is 72.5 Å². The molecule has 1 N–H and O–H groups in total. The number of hydrogen-bond donors (Lipinski definition) is 1. The molecule has 0 bridgehead atoms. The first-order valence-electron chi connectivity index (χ1n) is 4.76. The van der Waals surface area contributed by atoms with Crippen molar-refractivity contribution in [3.8, 4) is 5.75 Å². The van der Waals surface area contributed by atoms with E-state index in [4.69, 9.17) is 4.74 Å². The van der Waals surface area contributed by atoms with Crippen LogP contribution in [0.1, 0.15) is 5.56 Å². The van der Waals surface area contributed by atoms with Crippen LogP contribution in [0.25, 0.3) is 6.08 Å². The Balaban J connectivity index is 2.50. The Hall–Kier alpha value is -1.82. The van der Waals surface area contributed by atoms with Gasteiger partial charge in [-0.25, -0.2) is 8.42 Å². The number of sulfonamides is 1. The Labute approximate surface area is 100 Å². The van der Waals surface area contributed by atoms with Crippen molar-refractivity contribution < 1.29 is 17.9 Å². The third kappa shape index (κ3) is 5.17. The maximum Gasteiger partial charge on any atom is 0.271 e. The highest BCUT2D eigenvalue weighted by Gasteiger charge is 2.08. The van der Waals surface area contributed by atoms with Gasteiger partial charge in [0.05, 0.1) is 6.26 Å². The third-order valence-electron chi connectivity index (χ3n) is 1.78. The molecule has 1 rings (SSSR count). The van der Waals surface area contributed by atoms with Gasteiger partial charge in [-0.1, -0.05) is 24.8 Å². The molecule has 0 spiro atoms. The number of nitrogens with one attached hydrogen (secondary N) is 1. The van der Waals surface area contributed by atoms with Gasteiger partial charge >= 0.3 is 0 Å². The summed E-state index contributed by atoms with van der Waals surface area (Å²) < 4.78 is 28.4. The van der Waals surface area contributed by atoms with E-state index >= 15 is 0 Å². The lowest BCUT2D eigenvalue weighted by Crippen LogP contribution is -2.33. The molecule has 6 heteroatoms. The molecule has 0 heterocycles. The van der Waals surface area contributed by atoms with Gasteiger partial charge < -0.3 is 4.74 Å². The second-order valence-electron chi connectivity index (χ2n) is 3.36. The average molecular weight is 255 g/mol. The number of benzene rings is 1. The van der Waals surface area contributed by atoms with E-state index in [9.17, 15) is 13.2 Å². The smallest absolute Gasteiger partial charge is 0.271 e. The Morgan fingerprint density at radius 3 is 2.47 bits per heavy atom. The molecule has 1 amide bonds. The molecule has 0 aliphatic heterocycles. The summed E-state index contributed by atoms with van der Waals surface area (Å²) in [6.07, 6.45) is 2.59. The zero-order valence-electron chi connectivity index (χ0n) is 9.34. The molecule has 0 saturated heterocycles. The van der Waals surface area contributed by atoms with Crippen LogP contribution in [-0.4, -0.2) is 27.2 Å². The molecule has 0 saturated carbocycles. The Morgan fingerprint density at radius 1 is 1.41 bits per heavy atom. The van der Waals surface area contributed by atoms with Gasteiger partial charge in [0.15, 0.2) is 6.61 Å². The normalized spacial score (nSPS) is 10.6. The maximum absolute atomic E-state index is 11.1. The van der Waals surface area contributed by atoms with Crippen molar-refractivity contribution in [3.05, 3.63) is 36.4 Å². The second kappa shape index (κ2) is 5.49. The van der Waals surface area contributed by atoms with Crippen LogP contribution in [0.3, 0.4) is 0 Å². The number of carbonyl (C=O) groups is 1. The van der Waals surface area contributed by atoms with Crippen molar-refractivity contribution in [3.63, 3.8) is 0 Å². The van der Waals surface area contributed by atoms with E-state index in [0.29, 0.717) is 5.75 Å². The molecular formula is C11H13NO4S. The molecule has 17 heavy (non-hydrogen) atoms. The first kappa shape index (κ1) is 13.2. The van der Waals surface area contributed by atoms with E-state index in [1.54, 1.807) is 35.1 Å². The van der Waals surface area contributed by atoms with E-state index < -0.39 is 15.9 Å². The number of carbonyl (C=O) groups excluding carboxylic acids is 1. The highest BCUT2D eigenvalue weighted by molar-refractivity contribution is 7.89. The highest BCUT2D eigenvalue weighted by Crippen LogP contribution is 2.12. The maximum atomic E-state index is 11.1. The molecule has 1 aromatic carbocycles. The van der Waals surface area contributed by atoms with Crippen molar-refractivity contribution in [1.82, 2.24) is 4.72 Å². The second-order valence-corrected chi connectivity index (χ2v) is 5.11. The van der Waals surface area contributed by atoms with Crippen LogP contribution in [0.2, 0.25) is 0 Å². The fourth-order valence-electron chi connectivity index (χ4n) is 1.09. The molecule has 92 valence electrons. The van der Waals surface area contributed by atoms with Gasteiger partial charge in [-0.05, 0) is 17.7 Å². The predicted molar refractivity (Wildman–Crippen MR) is 65.0 cm³/mol. The van der Waals surface area contributed by atoms with Gasteiger partial charge in [0, 0.05) is 0 Å².